The van der Waals surface area contributed by atoms with E-state index in [-0.39, 0.29) is 17.9 Å². The van der Waals surface area contributed by atoms with E-state index in [4.69, 9.17) is 11.5 Å². The summed E-state index contributed by atoms with van der Waals surface area (Å²) in [4.78, 5) is 21.3. The number of aromatic nitrogens is 1. The average Bonchev–Trinajstić information content (AvgIpc) is 2.94. The second-order valence-electron chi connectivity index (χ2n) is 10.1. The highest BCUT2D eigenvalue weighted by molar-refractivity contribution is 5.81. The van der Waals surface area contributed by atoms with Gasteiger partial charge in [-0.2, -0.15) is 0 Å². The van der Waals surface area contributed by atoms with Crippen LogP contribution < -0.4 is 32.7 Å². The van der Waals surface area contributed by atoms with E-state index in [1.807, 2.05) is 18.2 Å². The fourth-order valence-electron chi connectivity index (χ4n) is 4.71. The molecule has 0 aliphatic heterocycles. The Labute approximate surface area is 227 Å². The van der Waals surface area contributed by atoms with Crippen LogP contribution in [0.5, 0.6) is 0 Å². The Balaban J connectivity index is 1.36. The van der Waals surface area contributed by atoms with Crippen molar-refractivity contribution in [3.05, 3.63) is 65.5 Å². The maximum atomic E-state index is 13.0. The molecule has 3 rings (SSSR count). The normalized spacial score (nSPS) is 14.6. The van der Waals surface area contributed by atoms with E-state index in [0.717, 1.165) is 43.4 Å². The van der Waals surface area contributed by atoms with Crippen LogP contribution in [0.15, 0.2) is 53.7 Å². The van der Waals surface area contributed by atoms with Crippen LogP contribution in [0.4, 0.5) is 0 Å². The zero-order valence-electron chi connectivity index (χ0n) is 22.6. The molecule has 9 nitrogen and oxygen atoms in total. The quantitative estimate of drug-likeness (QED) is 0.106. The van der Waals surface area contributed by atoms with Crippen molar-refractivity contribution in [2.24, 2.45) is 16.5 Å². The highest BCUT2D eigenvalue weighted by atomic mass is 16.2. The van der Waals surface area contributed by atoms with Crippen molar-refractivity contribution >= 4 is 11.9 Å². The third-order valence-corrected chi connectivity index (χ3v) is 6.90. The number of nitrogens with one attached hydrogen (secondary N) is 4. The molecule has 1 atom stereocenters. The highest BCUT2D eigenvalue weighted by Gasteiger charge is 2.17. The molecule has 1 saturated carbocycles. The minimum atomic E-state index is -0.359. The van der Waals surface area contributed by atoms with Gasteiger partial charge in [0, 0.05) is 38.4 Å². The molecular weight excluding hydrogens is 476 g/mol. The summed E-state index contributed by atoms with van der Waals surface area (Å²) in [6.45, 7) is 4.43. The van der Waals surface area contributed by atoms with Gasteiger partial charge in [-0.15, -0.1) is 0 Å². The number of rotatable bonds is 17. The topological polar surface area (TPSA) is 142 Å². The first-order chi connectivity index (χ1) is 18.6. The average molecular weight is 523 g/mol. The van der Waals surface area contributed by atoms with Gasteiger partial charge in [0.25, 0.3) is 0 Å². The van der Waals surface area contributed by atoms with E-state index in [1.165, 1.54) is 37.7 Å². The van der Waals surface area contributed by atoms with E-state index in [9.17, 15) is 4.79 Å². The Morgan fingerprint density at radius 1 is 0.947 bits per heavy atom. The molecule has 1 aromatic heterocycles. The summed E-state index contributed by atoms with van der Waals surface area (Å²) in [5.74, 6) is 0.0240. The summed E-state index contributed by atoms with van der Waals surface area (Å²) in [6.07, 6.45) is 11.0. The van der Waals surface area contributed by atoms with E-state index in [2.05, 4.69) is 55.5 Å². The maximum Gasteiger partial charge on any atom is 0.237 e. The molecule has 38 heavy (non-hydrogen) atoms. The molecule has 8 N–H and O–H groups in total. The molecule has 208 valence electrons. The Hall–Kier alpha value is -3.01. The number of nitrogens with zero attached hydrogens (tertiary/aromatic N) is 2. The molecule has 0 spiro atoms. The number of pyridine rings is 1. The summed E-state index contributed by atoms with van der Waals surface area (Å²) in [7, 11) is 0. The predicted molar refractivity (Wildman–Crippen MR) is 154 cm³/mol. The van der Waals surface area contributed by atoms with E-state index in [0.29, 0.717) is 32.5 Å². The fourth-order valence-corrected chi connectivity index (χ4v) is 4.71. The predicted octanol–water partition coefficient (Wildman–Crippen LogP) is 2.31. The largest absolute Gasteiger partial charge is 0.370 e. The summed E-state index contributed by atoms with van der Waals surface area (Å²) in [5, 5.41) is 13.6. The molecular formula is C29H46N8O. The van der Waals surface area contributed by atoms with Gasteiger partial charge in [0.2, 0.25) is 5.91 Å². The van der Waals surface area contributed by atoms with Gasteiger partial charge >= 0.3 is 0 Å². The van der Waals surface area contributed by atoms with Gasteiger partial charge in [0.1, 0.15) is 0 Å². The van der Waals surface area contributed by atoms with Gasteiger partial charge in [-0.1, -0.05) is 49.6 Å². The van der Waals surface area contributed by atoms with Gasteiger partial charge in [0.15, 0.2) is 5.96 Å². The van der Waals surface area contributed by atoms with Crippen LogP contribution in [0, 0.1) is 0 Å². The van der Waals surface area contributed by atoms with E-state index >= 15 is 0 Å². The second-order valence-corrected chi connectivity index (χ2v) is 10.1. The molecule has 0 radical (unpaired) electrons. The van der Waals surface area contributed by atoms with Crippen LogP contribution in [0.25, 0.3) is 0 Å². The zero-order valence-corrected chi connectivity index (χ0v) is 22.6. The number of benzene rings is 1. The number of aliphatic imine (C=N–C) groups is 1. The number of guanidine groups is 1. The highest BCUT2D eigenvalue weighted by Crippen LogP contribution is 2.17. The zero-order chi connectivity index (χ0) is 26.8. The van der Waals surface area contributed by atoms with Gasteiger partial charge in [-0.05, 0) is 68.5 Å². The molecule has 1 heterocycles. The lowest BCUT2D eigenvalue weighted by molar-refractivity contribution is -0.123. The van der Waals surface area contributed by atoms with Crippen molar-refractivity contribution in [2.75, 3.05) is 19.6 Å². The first kappa shape index (κ1) is 29.5. The standard InChI is InChI=1S/C29H46N8O/c30-29(31)35-18-6-11-27(36-22-26-10-4-5-17-34-26)28(38)37-21-24-14-12-23(13-15-24)20-32-16-7-19-33-25-8-2-1-3-9-25/h4-5,10,12-15,17,25,27,32-33,36H,1-3,6-9,11,16,18-22H2,(H,37,38)(H4,30,31,35)/t27-/m1/s1. The molecule has 1 fully saturated rings. The third kappa shape index (κ3) is 12.0. The molecule has 2 aromatic rings. The number of carbonyl (C=O) groups excluding carboxylic acids is 1. The van der Waals surface area contributed by atoms with Crippen molar-refractivity contribution in [3.8, 4) is 0 Å². The van der Waals surface area contributed by atoms with Crippen LogP contribution in [0.3, 0.4) is 0 Å². The van der Waals surface area contributed by atoms with Crippen LogP contribution in [0.2, 0.25) is 0 Å². The lowest BCUT2D eigenvalue weighted by Gasteiger charge is -2.22. The Morgan fingerprint density at radius 2 is 1.71 bits per heavy atom. The molecule has 1 aliphatic rings. The van der Waals surface area contributed by atoms with Crippen molar-refractivity contribution < 1.29 is 4.79 Å². The van der Waals surface area contributed by atoms with Gasteiger partial charge in [-0.25, -0.2) is 0 Å². The monoisotopic (exact) mass is 522 g/mol. The molecule has 1 aromatic carbocycles. The minimum absolute atomic E-state index is 0.0433. The number of nitrogens with two attached hydrogens (primary N) is 2. The molecule has 9 heteroatoms. The summed E-state index contributed by atoms with van der Waals surface area (Å²) in [5.41, 5.74) is 14.0. The number of carbonyl (C=O) groups is 1. The molecule has 0 bridgehead atoms. The Morgan fingerprint density at radius 3 is 2.42 bits per heavy atom. The lowest BCUT2D eigenvalue weighted by atomic mass is 9.95. The van der Waals surface area contributed by atoms with E-state index in [1.54, 1.807) is 6.20 Å². The summed E-state index contributed by atoms with van der Waals surface area (Å²) < 4.78 is 0. The van der Waals surface area contributed by atoms with Crippen LogP contribution in [-0.4, -0.2) is 48.6 Å². The van der Waals surface area contributed by atoms with Crippen LogP contribution >= 0.6 is 0 Å². The number of hydrogen-bond acceptors (Lipinski definition) is 6. The maximum absolute atomic E-state index is 13.0. The molecule has 0 saturated heterocycles. The molecule has 1 amide bonds. The van der Waals surface area contributed by atoms with E-state index < -0.39 is 0 Å². The first-order valence-electron chi connectivity index (χ1n) is 14.1. The van der Waals surface area contributed by atoms with Crippen molar-refractivity contribution in [2.45, 2.75) is 83.1 Å². The Kier molecular flexibility index (Phi) is 13.6. The minimum Gasteiger partial charge on any atom is -0.370 e. The third-order valence-electron chi connectivity index (χ3n) is 6.90. The number of hydrogen-bond donors (Lipinski definition) is 6. The van der Waals surface area contributed by atoms with Gasteiger partial charge in [-0.3, -0.25) is 14.8 Å². The van der Waals surface area contributed by atoms with Gasteiger partial charge in [0.05, 0.1) is 11.7 Å². The molecule has 1 aliphatic carbocycles. The van der Waals surface area contributed by atoms with Crippen molar-refractivity contribution in [1.82, 2.24) is 26.3 Å². The smallest absolute Gasteiger partial charge is 0.237 e. The van der Waals surface area contributed by atoms with Crippen molar-refractivity contribution in [1.29, 1.82) is 0 Å². The SMILES string of the molecule is NC(N)=NCCC[C@@H](NCc1ccccn1)C(=O)NCc1ccc(CNCCCNC2CCCCC2)cc1. The van der Waals surface area contributed by atoms with Crippen molar-refractivity contribution in [3.63, 3.8) is 0 Å². The van der Waals surface area contributed by atoms with Gasteiger partial charge < -0.3 is 32.7 Å². The Bertz CT molecular complexity index is 941. The fraction of sp³-hybridized carbons (Fsp3) is 0.552. The first-order valence-corrected chi connectivity index (χ1v) is 14.1. The summed E-state index contributed by atoms with van der Waals surface area (Å²) in [6, 6.07) is 14.5. The van der Waals surface area contributed by atoms with Crippen LogP contribution in [0.1, 0.15) is 68.2 Å². The molecule has 0 unspecified atom stereocenters. The lowest BCUT2D eigenvalue weighted by Crippen LogP contribution is -2.43. The number of amides is 1. The van der Waals surface area contributed by atoms with Crippen LogP contribution in [-0.2, 0) is 24.4 Å². The second kappa shape index (κ2) is 17.5. The summed E-state index contributed by atoms with van der Waals surface area (Å²) >= 11 is 0.